The number of ether oxygens (including phenoxy) is 1. The van der Waals surface area contributed by atoms with Crippen LogP contribution in [0.4, 0.5) is 0 Å². The lowest BCUT2D eigenvalue weighted by Gasteiger charge is -2.32. The van der Waals surface area contributed by atoms with Gasteiger partial charge in [-0.2, -0.15) is 0 Å². The van der Waals surface area contributed by atoms with Gasteiger partial charge < -0.3 is 19.0 Å². The lowest BCUT2D eigenvalue weighted by Crippen LogP contribution is -2.44. The quantitative estimate of drug-likeness (QED) is 0.788. The molecule has 0 aliphatic carbocycles. The highest BCUT2D eigenvalue weighted by Gasteiger charge is 2.12. The van der Waals surface area contributed by atoms with E-state index in [0.717, 1.165) is 44.9 Å². The van der Waals surface area contributed by atoms with Gasteiger partial charge in [0.15, 0.2) is 5.43 Å². The van der Waals surface area contributed by atoms with E-state index < -0.39 is 0 Å². The SMILES string of the molecule is CN1CCN(CCCOc2ccc3occc(=O)c3c2)CC1. The summed E-state index contributed by atoms with van der Waals surface area (Å²) in [6.45, 7) is 6.27. The molecule has 1 saturated heterocycles. The molecule has 2 heterocycles. The Balaban J connectivity index is 1.49. The van der Waals surface area contributed by atoms with Crippen LogP contribution in [0, 0.1) is 0 Å². The van der Waals surface area contributed by atoms with Crippen molar-refractivity contribution in [3.05, 3.63) is 40.8 Å². The maximum atomic E-state index is 11.8. The summed E-state index contributed by atoms with van der Waals surface area (Å²) in [7, 11) is 2.16. The third kappa shape index (κ3) is 3.67. The number of nitrogens with zero attached hydrogens (tertiary/aromatic N) is 2. The third-order valence-corrected chi connectivity index (χ3v) is 4.11. The molecule has 5 nitrogen and oxygen atoms in total. The number of benzene rings is 1. The number of fused-ring (bicyclic) bond motifs is 1. The van der Waals surface area contributed by atoms with Crippen LogP contribution in [-0.2, 0) is 0 Å². The van der Waals surface area contributed by atoms with Crippen molar-refractivity contribution in [2.45, 2.75) is 6.42 Å². The van der Waals surface area contributed by atoms with Gasteiger partial charge in [-0.15, -0.1) is 0 Å². The van der Waals surface area contributed by atoms with Crippen LogP contribution in [0.25, 0.3) is 11.0 Å². The molecule has 0 atom stereocenters. The van der Waals surface area contributed by atoms with Crippen LogP contribution in [0.1, 0.15) is 6.42 Å². The van der Waals surface area contributed by atoms with E-state index in [0.29, 0.717) is 17.6 Å². The summed E-state index contributed by atoms with van der Waals surface area (Å²) in [6.07, 6.45) is 2.41. The summed E-state index contributed by atoms with van der Waals surface area (Å²) in [5.74, 6) is 0.726. The second kappa shape index (κ2) is 6.94. The molecule has 0 radical (unpaired) electrons. The molecule has 0 N–H and O–H groups in total. The number of hydrogen-bond acceptors (Lipinski definition) is 5. The monoisotopic (exact) mass is 302 g/mol. The Kier molecular flexibility index (Phi) is 4.75. The van der Waals surface area contributed by atoms with Gasteiger partial charge in [0.25, 0.3) is 0 Å². The summed E-state index contributed by atoms with van der Waals surface area (Å²) in [5.41, 5.74) is 0.557. The molecule has 2 aromatic rings. The Hall–Kier alpha value is -1.85. The normalized spacial score (nSPS) is 17.0. The standard InChI is InChI=1S/C17H22N2O3/c1-18-7-9-19(10-8-18)6-2-11-21-14-3-4-17-15(13-14)16(20)5-12-22-17/h3-5,12-13H,2,6-11H2,1H3. The summed E-state index contributed by atoms with van der Waals surface area (Å²) in [4.78, 5) is 16.6. The van der Waals surface area contributed by atoms with Crippen molar-refractivity contribution in [2.75, 3.05) is 46.4 Å². The Morgan fingerprint density at radius 1 is 1.18 bits per heavy atom. The van der Waals surface area contributed by atoms with Gasteiger partial charge in [-0.25, -0.2) is 0 Å². The Bertz CT molecular complexity index is 675. The van der Waals surface area contributed by atoms with E-state index in [9.17, 15) is 4.79 Å². The summed E-state index contributed by atoms with van der Waals surface area (Å²) in [5, 5.41) is 0.569. The van der Waals surface area contributed by atoms with Crippen LogP contribution in [-0.4, -0.2) is 56.2 Å². The maximum absolute atomic E-state index is 11.8. The first-order chi connectivity index (χ1) is 10.7. The molecule has 118 valence electrons. The van der Waals surface area contributed by atoms with Gasteiger partial charge in [0.1, 0.15) is 11.3 Å². The highest BCUT2D eigenvalue weighted by molar-refractivity contribution is 5.77. The van der Waals surface area contributed by atoms with E-state index in [1.165, 1.54) is 12.3 Å². The molecule has 0 unspecified atom stereocenters. The molecule has 1 aliphatic rings. The van der Waals surface area contributed by atoms with E-state index in [4.69, 9.17) is 9.15 Å². The van der Waals surface area contributed by atoms with Crippen molar-refractivity contribution in [3.8, 4) is 5.75 Å². The van der Waals surface area contributed by atoms with Gasteiger partial charge in [-0.1, -0.05) is 0 Å². The zero-order valence-corrected chi connectivity index (χ0v) is 13.0. The fraction of sp³-hybridized carbons (Fsp3) is 0.471. The number of hydrogen-bond donors (Lipinski definition) is 0. The van der Waals surface area contributed by atoms with E-state index in [-0.39, 0.29) is 5.43 Å². The predicted octanol–water partition coefficient (Wildman–Crippen LogP) is 1.81. The molecule has 1 aliphatic heterocycles. The van der Waals surface area contributed by atoms with E-state index in [1.807, 2.05) is 6.07 Å². The minimum atomic E-state index is -0.0378. The first kappa shape index (κ1) is 15.1. The summed E-state index contributed by atoms with van der Waals surface area (Å²) < 4.78 is 11.1. The van der Waals surface area contributed by atoms with Gasteiger partial charge in [0.2, 0.25) is 0 Å². The van der Waals surface area contributed by atoms with Crippen molar-refractivity contribution in [2.24, 2.45) is 0 Å². The van der Waals surface area contributed by atoms with Crippen LogP contribution in [0.2, 0.25) is 0 Å². The van der Waals surface area contributed by atoms with E-state index >= 15 is 0 Å². The van der Waals surface area contributed by atoms with Gasteiger partial charge >= 0.3 is 0 Å². The summed E-state index contributed by atoms with van der Waals surface area (Å²) in [6, 6.07) is 6.82. The largest absolute Gasteiger partial charge is 0.494 e. The van der Waals surface area contributed by atoms with Crippen LogP contribution >= 0.6 is 0 Å². The molecule has 22 heavy (non-hydrogen) atoms. The van der Waals surface area contributed by atoms with Crippen molar-refractivity contribution < 1.29 is 9.15 Å². The van der Waals surface area contributed by atoms with E-state index in [2.05, 4.69) is 16.8 Å². The second-order valence-electron chi connectivity index (χ2n) is 5.79. The zero-order chi connectivity index (χ0) is 15.4. The number of rotatable bonds is 5. The molecule has 0 spiro atoms. The highest BCUT2D eigenvalue weighted by Crippen LogP contribution is 2.18. The first-order valence-corrected chi connectivity index (χ1v) is 7.78. The average Bonchev–Trinajstić information content (AvgIpc) is 2.54. The van der Waals surface area contributed by atoms with Gasteiger partial charge in [0.05, 0.1) is 18.3 Å². The Morgan fingerprint density at radius 3 is 2.82 bits per heavy atom. The topological polar surface area (TPSA) is 45.9 Å². The fourth-order valence-electron chi connectivity index (χ4n) is 2.70. The van der Waals surface area contributed by atoms with Crippen molar-refractivity contribution in [3.63, 3.8) is 0 Å². The van der Waals surface area contributed by atoms with Gasteiger partial charge in [-0.05, 0) is 31.7 Å². The molecule has 1 fully saturated rings. The van der Waals surface area contributed by atoms with Crippen molar-refractivity contribution in [1.29, 1.82) is 0 Å². The zero-order valence-electron chi connectivity index (χ0n) is 13.0. The predicted molar refractivity (Wildman–Crippen MR) is 86.5 cm³/mol. The Labute approximate surface area is 130 Å². The first-order valence-electron chi connectivity index (χ1n) is 7.78. The van der Waals surface area contributed by atoms with Crippen LogP contribution in [0.5, 0.6) is 5.75 Å². The molecule has 1 aromatic carbocycles. The average molecular weight is 302 g/mol. The number of piperazine rings is 1. The van der Waals surface area contributed by atoms with Gasteiger partial charge in [-0.3, -0.25) is 4.79 Å². The molecular weight excluding hydrogens is 280 g/mol. The maximum Gasteiger partial charge on any atom is 0.192 e. The fourth-order valence-corrected chi connectivity index (χ4v) is 2.70. The highest BCUT2D eigenvalue weighted by atomic mass is 16.5. The van der Waals surface area contributed by atoms with Crippen LogP contribution < -0.4 is 10.2 Å². The van der Waals surface area contributed by atoms with Crippen molar-refractivity contribution in [1.82, 2.24) is 9.80 Å². The molecule has 3 rings (SSSR count). The molecule has 5 heteroatoms. The molecular formula is C17H22N2O3. The van der Waals surface area contributed by atoms with Crippen molar-refractivity contribution >= 4 is 11.0 Å². The Morgan fingerprint density at radius 2 is 2.00 bits per heavy atom. The second-order valence-corrected chi connectivity index (χ2v) is 5.79. The lowest BCUT2D eigenvalue weighted by molar-refractivity contribution is 0.145. The van der Waals surface area contributed by atoms with Crippen LogP contribution in [0.15, 0.2) is 39.7 Å². The molecule has 1 aromatic heterocycles. The lowest BCUT2D eigenvalue weighted by atomic mass is 10.2. The summed E-state index contributed by atoms with van der Waals surface area (Å²) >= 11 is 0. The molecule has 0 bridgehead atoms. The van der Waals surface area contributed by atoms with E-state index in [1.54, 1.807) is 12.1 Å². The molecule has 0 amide bonds. The van der Waals surface area contributed by atoms with Gasteiger partial charge in [0, 0.05) is 38.8 Å². The molecule has 0 saturated carbocycles. The minimum Gasteiger partial charge on any atom is -0.494 e. The third-order valence-electron chi connectivity index (χ3n) is 4.11. The smallest absolute Gasteiger partial charge is 0.192 e. The van der Waals surface area contributed by atoms with Crippen LogP contribution in [0.3, 0.4) is 0 Å². The minimum absolute atomic E-state index is 0.0378. The number of likely N-dealkylation sites (N-methyl/N-ethyl adjacent to an activating group) is 1.